The number of furan rings is 1. The first-order valence-corrected chi connectivity index (χ1v) is 14.4. The number of para-hydroxylation sites is 1. The monoisotopic (exact) mass is 550 g/mol. The average molecular weight is 551 g/mol. The summed E-state index contributed by atoms with van der Waals surface area (Å²) >= 11 is 0. The second-order valence-electron chi connectivity index (χ2n) is 11.0. The lowest BCUT2D eigenvalue weighted by Crippen LogP contribution is -1.91. The number of rotatable bonds is 3. The van der Waals surface area contributed by atoms with Crippen molar-refractivity contribution in [3.8, 4) is 33.4 Å². The van der Waals surface area contributed by atoms with Crippen LogP contribution in [-0.2, 0) is 0 Å². The molecule has 9 aromatic rings. The second-order valence-corrected chi connectivity index (χ2v) is 11.0. The van der Waals surface area contributed by atoms with Crippen molar-refractivity contribution in [2.75, 3.05) is 0 Å². The molecule has 0 aliphatic carbocycles. The minimum atomic E-state index is -0.0523. The third kappa shape index (κ3) is 3.79. The van der Waals surface area contributed by atoms with Crippen LogP contribution < -0.4 is 0 Å². The maximum Gasteiger partial charge on any atom is 0.135 e. The molecule has 1 heteroatoms. The molecule has 0 radical (unpaired) electrons. The van der Waals surface area contributed by atoms with Crippen molar-refractivity contribution in [2.45, 2.75) is 0 Å². The first-order chi connectivity index (χ1) is 23.0. The van der Waals surface area contributed by atoms with E-state index in [-0.39, 0.29) is 24.2 Å². The van der Waals surface area contributed by atoms with E-state index in [1.165, 1.54) is 0 Å². The SMILES string of the molecule is [2H]c1c([2H])c(-c2c3ccccc3c(-c3ccc4oc5ccccc5c4c3)c3ccccc23)c([2H])c([2H])c1-c1ccc2ccccc2c1. The zero-order valence-corrected chi connectivity index (χ0v) is 23.1. The Hall–Kier alpha value is -5.66. The van der Waals surface area contributed by atoms with Crippen molar-refractivity contribution in [3.05, 3.63) is 158 Å². The third-order valence-corrected chi connectivity index (χ3v) is 8.51. The Morgan fingerprint density at radius 2 is 0.860 bits per heavy atom. The van der Waals surface area contributed by atoms with E-state index < -0.39 is 0 Å². The molecule has 9 rings (SSSR count). The minimum Gasteiger partial charge on any atom is -0.456 e. The molecule has 0 saturated carbocycles. The van der Waals surface area contributed by atoms with Gasteiger partial charge < -0.3 is 4.42 Å². The van der Waals surface area contributed by atoms with Gasteiger partial charge in [0.1, 0.15) is 11.2 Å². The van der Waals surface area contributed by atoms with E-state index in [4.69, 9.17) is 4.42 Å². The van der Waals surface area contributed by atoms with Gasteiger partial charge in [0.25, 0.3) is 0 Å². The Morgan fingerprint density at radius 1 is 0.349 bits per heavy atom. The molecule has 1 aromatic heterocycles. The van der Waals surface area contributed by atoms with E-state index in [9.17, 15) is 5.48 Å². The highest BCUT2D eigenvalue weighted by Gasteiger charge is 2.17. The molecule has 200 valence electrons. The zero-order valence-electron chi connectivity index (χ0n) is 27.1. The average Bonchev–Trinajstić information content (AvgIpc) is 3.48. The van der Waals surface area contributed by atoms with Gasteiger partial charge in [-0.2, -0.15) is 0 Å². The summed E-state index contributed by atoms with van der Waals surface area (Å²) in [5, 5.41) is 7.84. The maximum absolute atomic E-state index is 9.34. The van der Waals surface area contributed by atoms with Crippen molar-refractivity contribution >= 4 is 54.3 Å². The van der Waals surface area contributed by atoms with E-state index in [2.05, 4.69) is 30.3 Å². The molecule has 0 unspecified atom stereocenters. The number of fused-ring (bicyclic) bond motifs is 6. The van der Waals surface area contributed by atoms with E-state index >= 15 is 0 Å². The fourth-order valence-corrected chi connectivity index (χ4v) is 6.52. The molecule has 0 amide bonds. The Bertz CT molecular complexity index is 2650. The molecule has 8 aromatic carbocycles. The predicted octanol–water partition coefficient (Wildman–Crippen LogP) is 12.0. The molecule has 1 nitrogen and oxygen atoms in total. The molecule has 0 aliphatic rings. The normalized spacial score (nSPS) is 13.0. The lowest BCUT2D eigenvalue weighted by atomic mass is 9.85. The first-order valence-electron chi connectivity index (χ1n) is 16.4. The van der Waals surface area contributed by atoms with Crippen LogP contribution in [-0.4, -0.2) is 0 Å². The Morgan fingerprint density at radius 3 is 1.56 bits per heavy atom. The van der Waals surface area contributed by atoms with Gasteiger partial charge in [-0.15, -0.1) is 0 Å². The summed E-state index contributed by atoms with van der Waals surface area (Å²) in [4.78, 5) is 0. The molecule has 1 heterocycles. The van der Waals surface area contributed by atoms with E-state index in [1.54, 1.807) is 0 Å². The highest BCUT2D eigenvalue weighted by atomic mass is 16.3. The van der Waals surface area contributed by atoms with Gasteiger partial charge in [0.05, 0.1) is 5.48 Å². The summed E-state index contributed by atoms with van der Waals surface area (Å²) in [6.45, 7) is 0. The van der Waals surface area contributed by atoms with Crippen LogP contribution in [0.1, 0.15) is 5.48 Å². The molecule has 43 heavy (non-hydrogen) atoms. The van der Waals surface area contributed by atoms with Gasteiger partial charge in [-0.1, -0.05) is 133 Å². The highest BCUT2D eigenvalue weighted by Crippen LogP contribution is 2.45. The first kappa shape index (κ1) is 20.3. The van der Waals surface area contributed by atoms with Gasteiger partial charge in [-0.3, -0.25) is 0 Å². The van der Waals surface area contributed by atoms with Gasteiger partial charge >= 0.3 is 0 Å². The van der Waals surface area contributed by atoms with Crippen LogP contribution in [0.25, 0.3) is 87.6 Å². The minimum absolute atomic E-state index is 0.0502. The predicted molar refractivity (Wildman–Crippen MR) is 183 cm³/mol. The van der Waals surface area contributed by atoms with Gasteiger partial charge in [-0.25, -0.2) is 0 Å². The Labute approximate surface area is 254 Å². The van der Waals surface area contributed by atoms with Crippen LogP contribution in [0.5, 0.6) is 0 Å². The topological polar surface area (TPSA) is 13.1 Å². The largest absolute Gasteiger partial charge is 0.456 e. The van der Waals surface area contributed by atoms with Crippen molar-refractivity contribution in [2.24, 2.45) is 0 Å². The van der Waals surface area contributed by atoms with Crippen LogP contribution >= 0.6 is 0 Å². The van der Waals surface area contributed by atoms with Crippen molar-refractivity contribution < 1.29 is 9.90 Å². The van der Waals surface area contributed by atoms with E-state index in [0.717, 1.165) is 65.4 Å². The van der Waals surface area contributed by atoms with Crippen LogP contribution in [0, 0.1) is 0 Å². The molecule has 0 bridgehead atoms. The second kappa shape index (κ2) is 9.44. The fourth-order valence-electron chi connectivity index (χ4n) is 6.52. The summed E-state index contributed by atoms with van der Waals surface area (Å²) in [5.74, 6) is 0. The Balaban J connectivity index is 1.34. The van der Waals surface area contributed by atoms with Gasteiger partial charge in [-0.05, 0) is 90.0 Å². The summed E-state index contributed by atoms with van der Waals surface area (Å²) in [7, 11) is 0. The van der Waals surface area contributed by atoms with Gasteiger partial charge in [0, 0.05) is 10.8 Å². The lowest BCUT2D eigenvalue weighted by Gasteiger charge is -2.18. The van der Waals surface area contributed by atoms with Gasteiger partial charge in [0.15, 0.2) is 0 Å². The van der Waals surface area contributed by atoms with Crippen LogP contribution in [0.4, 0.5) is 0 Å². The van der Waals surface area contributed by atoms with Crippen molar-refractivity contribution in [1.29, 1.82) is 0 Å². The van der Waals surface area contributed by atoms with E-state index in [0.29, 0.717) is 22.3 Å². The Kier molecular flexibility index (Phi) is 4.45. The summed E-state index contributed by atoms with van der Waals surface area (Å²) in [6.07, 6.45) is 0. The van der Waals surface area contributed by atoms with Crippen LogP contribution in [0.2, 0.25) is 0 Å². The number of hydrogen-bond acceptors (Lipinski definition) is 1. The molecule has 0 saturated heterocycles. The third-order valence-electron chi connectivity index (χ3n) is 8.51. The molecule has 0 spiro atoms. The highest BCUT2D eigenvalue weighted by molar-refractivity contribution is 6.22. The van der Waals surface area contributed by atoms with E-state index in [1.807, 2.05) is 103 Å². The number of hydrogen-bond donors (Lipinski definition) is 0. The molecule has 0 N–H and O–H groups in total. The van der Waals surface area contributed by atoms with Crippen LogP contribution in [0.15, 0.2) is 162 Å². The fraction of sp³-hybridized carbons (Fsp3) is 0. The summed E-state index contributed by atoms with van der Waals surface area (Å²) in [5.41, 5.74) is 5.75. The number of benzene rings is 8. The molecule has 0 aliphatic heterocycles. The summed E-state index contributed by atoms with van der Waals surface area (Å²) < 4.78 is 43.2. The molecule has 0 atom stereocenters. The lowest BCUT2D eigenvalue weighted by molar-refractivity contribution is 0.669. The zero-order chi connectivity index (χ0) is 31.8. The van der Waals surface area contributed by atoms with Crippen molar-refractivity contribution in [3.63, 3.8) is 0 Å². The summed E-state index contributed by atoms with van der Waals surface area (Å²) in [6, 6.07) is 44.1. The van der Waals surface area contributed by atoms with Crippen molar-refractivity contribution in [1.82, 2.24) is 0 Å². The quantitative estimate of drug-likeness (QED) is 0.199. The maximum atomic E-state index is 9.34. The van der Waals surface area contributed by atoms with Crippen LogP contribution in [0.3, 0.4) is 0 Å². The smallest absolute Gasteiger partial charge is 0.135 e. The standard InChI is InChI=1S/C42H26O/c1-2-10-30-25-31(22-19-27(30)9-1)28-17-20-29(21-18-28)41-34-12-3-5-14-36(34)42(37-15-6-4-13-35(37)41)32-23-24-40-38(26-32)33-11-7-8-16-39(33)43-40/h1-26H/i17D,18D,20D,21D. The molecular formula is C42H26O. The van der Waals surface area contributed by atoms with Gasteiger partial charge in [0.2, 0.25) is 0 Å². The molecular weight excluding hydrogens is 520 g/mol. The molecule has 0 fully saturated rings.